The molecule has 91 heavy (non-hydrogen) atoms. The second kappa shape index (κ2) is 35.5. The van der Waals surface area contributed by atoms with Gasteiger partial charge >= 0.3 is 11.9 Å². The lowest BCUT2D eigenvalue weighted by Crippen LogP contribution is -2.58. The van der Waals surface area contributed by atoms with Gasteiger partial charge in [-0.2, -0.15) is 0 Å². The number of likely N-dealkylation sites (tertiary alicyclic amines) is 4. The van der Waals surface area contributed by atoms with E-state index in [0.717, 1.165) is 14.7 Å². The van der Waals surface area contributed by atoms with Crippen molar-refractivity contribution in [3.8, 4) is 0 Å². The van der Waals surface area contributed by atoms with Crippen molar-refractivity contribution in [1.82, 2.24) is 62.1 Å². The first kappa shape index (κ1) is 74.6. The van der Waals surface area contributed by atoms with Gasteiger partial charge in [0.1, 0.15) is 54.4 Å². The van der Waals surface area contributed by atoms with Crippen LogP contribution in [0.2, 0.25) is 0 Å². The molecule has 4 saturated heterocycles. The molecule has 0 radical (unpaired) electrons. The average Bonchev–Trinajstić information content (AvgIpc) is 1.71. The number of primary amides is 1. The minimum absolute atomic E-state index is 0.00806. The molecule has 4 aliphatic heterocycles. The maximum Gasteiger partial charge on any atom is 0.326 e. The SMILES string of the molecule is CC(C)C[C@H](NC(=O)CN)C(=O)N1C[C@H](O)C[C@H]1C(=O)NCC(=O)N1CCC[C@H]1C(=O)N1C[C@H](O)C[C@H]1C(=O)NCC(=O)N1C[C@H](O)C[C@H]1C(=O)N[C@@H](CCC(N)=O)C(=O)NCC(=O)N[C@@H](CCC(=O)O)C(=O)N[C@@H](CO)C(=O)N[C@@H](CCCN=C(N)N)C(=O)O. The van der Waals surface area contributed by atoms with Crippen molar-refractivity contribution in [2.24, 2.45) is 33.8 Å². The molecule has 0 spiro atoms. The molecule has 508 valence electrons. The van der Waals surface area contributed by atoms with Gasteiger partial charge in [0.2, 0.25) is 76.8 Å². The molecule has 0 aromatic carbocycles. The summed E-state index contributed by atoms with van der Waals surface area (Å²) in [5, 5.41) is 79.0. The first-order chi connectivity index (χ1) is 42.8. The predicted octanol–water partition coefficient (Wildman–Crippen LogP) is -11.1. The van der Waals surface area contributed by atoms with E-state index in [0.29, 0.717) is 6.42 Å². The van der Waals surface area contributed by atoms with Crippen molar-refractivity contribution >= 4 is 94.7 Å². The first-order valence-electron chi connectivity index (χ1n) is 29.5. The molecule has 12 atom stereocenters. The van der Waals surface area contributed by atoms with Crippen LogP contribution < -0.4 is 65.5 Å². The maximum atomic E-state index is 14.2. The molecule has 4 rings (SSSR count). The second-order valence-electron chi connectivity index (χ2n) is 22.8. The number of nitrogens with two attached hydrogens (primary N) is 4. The highest BCUT2D eigenvalue weighted by Gasteiger charge is 2.47. The fraction of sp³-hybridized carbons (Fsp3) is 0.698. The van der Waals surface area contributed by atoms with Crippen LogP contribution in [0.25, 0.3) is 0 Å². The number of β-amino-alcohol motifs (C(OH)–C–C–N with tert-alkyl or cyclic N) is 3. The second-order valence-corrected chi connectivity index (χ2v) is 22.8. The number of nitrogens with one attached hydrogen (secondary N) is 8. The molecule has 38 heteroatoms. The number of aliphatic imine (C=N–C) groups is 1. The number of aliphatic hydroxyl groups excluding tert-OH is 4. The van der Waals surface area contributed by atoms with Gasteiger partial charge in [0.25, 0.3) is 0 Å². The molecule has 4 heterocycles. The first-order valence-corrected chi connectivity index (χ1v) is 29.5. The number of carboxylic acids is 2. The summed E-state index contributed by atoms with van der Waals surface area (Å²) in [5.41, 5.74) is 21.3. The van der Waals surface area contributed by atoms with Gasteiger partial charge in [-0.25, -0.2) is 4.79 Å². The quantitative estimate of drug-likeness (QED) is 0.0162. The van der Waals surface area contributed by atoms with Crippen LogP contribution in [0.1, 0.15) is 90.9 Å². The van der Waals surface area contributed by atoms with Crippen LogP contribution in [0.15, 0.2) is 4.99 Å². The Morgan fingerprint density at radius 2 is 1.07 bits per heavy atom. The Kier molecular flexibility index (Phi) is 29.1. The van der Waals surface area contributed by atoms with Gasteiger partial charge < -0.3 is 116 Å². The van der Waals surface area contributed by atoms with Crippen LogP contribution in [-0.2, 0) is 71.9 Å². The van der Waals surface area contributed by atoms with Gasteiger partial charge in [0, 0.05) is 64.8 Å². The minimum atomic E-state index is -1.81. The highest BCUT2D eigenvalue weighted by Crippen LogP contribution is 2.27. The number of hydrogen-bond acceptors (Lipinski definition) is 21. The number of carbonyl (C=O) groups is 15. The molecule has 22 N–H and O–H groups in total. The highest BCUT2D eigenvalue weighted by atomic mass is 16.4. The Bertz CT molecular complexity index is 2730. The highest BCUT2D eigenvalue weighted by molar-refractivity contribution is 5.99. The molecule has 0 aliphatic carbocycles. The van der Waals surface area contributed by atoms with E-state index >= 15 is 0 Å². The number of aliphatic carboxylic acids is 2. The third-order valence-electron chi connectivity index (χ3n) is 15.3. The van der Waals surface area contributed by atoms with Crippen molar-refractivity contribution in [1.29, 1.82) is 0 Å². The Morgan fingerprint density at radius 1 is 0.549 bits per heavy atom. The topological polar surface area (TPSA) is 603 Å². The summed E-state index contributed by atoms with van der Waals surface area (Å²) in [6, 6.07) is -13.1. The van der Waals surface area contributed by atoms with Gasteiger partial charge in [-0.05, 0) is 50.9 Å². The van der Waals surface area contributed by atoms with Gasteiger partial charge in [-0.1, -0.05) is 13.8 Å². The van der Waals surface area contributed by atoms with Crippen molar-refractivity contribution in [2.45, 2.75) is 164 Å². The van der Waals surface area contributed by atoms with Crippen LogP contribution in [0, 0.1) is 5.92 Å². The molecule has 13 amide bonds. The van der Waals surface area contributed by atoms with E-state index in [2.05, 4.69) is 47.5 Å². The van der Waals surface area contributed by atoms with Gasteiger partial charge in [0.15, 0.2) is 5.96 Å². The lowest BCUT2D eigenvalue weighted by Gasteiger charge is -2.31. The molecule has 0 unspecified atom stereocenters. The summed E-state index contributed by atoms with van der Waals surface area (Å²) < 4.78 is 0. The summed E-state index contributed by atoms with van der Waals surface area (Å²) in [7, 11) is 0. The maximum absolute atomic E-state index is 14.2. The van der Waals surface area contributed by atoms with Crippen molar-refractivity contribution in [2.75, 3.05) is 65.5 Å². The number of amides is 13. The Hall–Kier alpha value is -8.88. The monoisotopic (exact) mass is 1300 g/mol. The number of guanidine groups is 1. The van der Waals surface area contributed by atoms with Crippen LogP contribution in [0.5, 0.6) is 0 Å². The molecular weight excluding hydrogens is 1210 g/mol. The number of carboxylic acid groups (broad SMARTS) is 2. The molecule has 0 aromatic rings. The average molecular weight is 1300 g/mol. The Balaban J connectivity index is 1.35. The Morgan fingerprint density at radius 3 is 1.62 bits per heavy atom. The predicted molar refractivity (Wildman–Crippen MR) is 310 cm³/mol. The van der Waals surface area contributed by atoms with Crippen LogP contribution in [0.3, 0.4) is 0 Å². The molecule has 4 fully saturated rings. The molecule has 0 aromatic heterocycles. The van der Waals surface area contributed by atoms with E-state index in [1.807, 2.05) is 13.8 Å². The summed E-state index contributed by atoms with van der Waals surface area (Å²) in [5.74, 6) is -15.2. The van der Waals surface area contributed by atoms with Gasteiger partial charge in [-0.15, -0.1) is 0 Å². The van der Waals surface area contributed by atoms with Crippen LogP contribution in [0.4, 0.5) is 0 Å². The lowest BCUT2D eigenvalue weighted by molar-refractivity contribution is -0.147. The van der Waals surface area contributed by atoms with Gasteiger partial charge in [0.05, 0.1) is 51.1 Å². The zero-order valence-electron chi connectivity index (χ0n) is 50.4. The van der Waals surface area contributed by atoms with Crippen molar-refractivity contribution in [3.63, 3.8) is 0 Å². The largest absolute Gasteiger partial charge is 0.481 e. The van der Waals surface area contributed by atoms with E-state index < -0.39 is 233 Å². The summed E-state index contributed by atoms with van der Waals surface area (Å²) >= 11 is 0. The molecule has 4 aliphatic rings. The van der Waals surface area contributed by atoms with Gasteiger partial charge in [-0.3, -0.25) is 72.1 Å². The van der Waals surface area contributed by atoms with Crippen LogP contribution in [-0.4, -0.2) is 283 Å². The number of hydrogen-bond donors (Lipinski definition) is 18. The fourth-order valence-electron chi connectivity index (χ4n) is 10.8. The van der Waals surface area contributed by atoms with Crippen molar-refractivity contribution < 1.29 is 103 Å². The smallest absolute Gasteiger partial charge is 0.326 e. The summed E-state index contributed by atoms with van der Waals surface area (Å²) in [6.45, 7) is -1.23. The Labute approximate surface area is 521 Å². The summed E-state index contributed by atoms with van der Waals surface area (Å²) in [4.78, 5) is 204. The standard InChI is InChI=1S/C53H85N17O21/c1-25(2)13-32(63-39(76)17-54)50(88)69-22-27(73)14-35(69)47(85)60-19-41(78)67-12-4-6-34(67)51(89)70-23-28(74)15-36(70)48(86)61-20-42(79)68-21-26(72)16-37(68)49(87)64-29(7-9-38(55)75)44(82)59-18-40(77)62-30(8-10-43(80)81)45(83)66-33(24-71)46(84)65-31(52(90)91)5-3-11-58-53(56)57/h25-37,71-74H,3-24,54H2,1-2H3,(H2,55,75)(H,59,82)(H,60,85)(H,61,86)(H,62,77)(H,63,76)(H,64,87)(H,65,84)(H,66,83)(H,80,81)(H,90,91)(H4,56,57,58)/t26-,27-,28-,29+,30+,31+,32+,33+,34+,35+,36+,37+/m1/s1. The zero-order chi connectivity index (χ0) is 68.0. The van der Waals surface area contributed by atoms with E-state index in [1.165, 1.54) is 4.90 Å². The summed E-state index contributed by atoms with van der Waals surface area (Å²) in [6.07, 6.45) is -6.26. The number of carbonyl (C=O) groups excluding carboxylic acids is 13. The van der Waals surface area contributed by atoms with Crippen LogP contribution >= 0.6 is 0 Å². The third-order valence-corrected chi connectivity index (χ3v) is 15.3. The van der Waals surface area contributed by atoms with E-state index in [4.69, 9.17) is 22.9 Å². The third kappa shape index (κ3) is 22.8. The van der Waals surface area contributed by atoms with E-state index in [9.17, 15) is 103 Å². The number of aliphatic hydroxyl groups is 4. The number of nitrogens with zero attached hydrogens (tertiary/aromatic N) is 5. The zero-order valence-corrected chi connectivity index (χ0v) is 50.4. The van der Waals surface area contributed by atoms with E-state index in [1.54, 1.807) is 0 Å². The fourth-order valence-corrected chi connectivity index (χ4v) is 10.8. The van der Waals surface area contributed by atoms with E-state index in [-0.39, 0.29) is 76.6 Å². The molecule has 0 saturated carbocycles. The minimum Gasteiger partial charge on any atom is -0.481 e. The normalized spacial score (nSPS) is 21.9. The van der Waals surface area contributed by atoms with Crippen molar-refractivity contribution in [3.05, 3.63) is 0 Å². The molecule has 38 nitrogen and oxygen atoms in total. The number of rotatable bonds is 34. The lowest BCUT2D eigenvalue weighted by atomic mass is 10.0. The molecular formula is C53H85N17O21. The molecule has 0 bridgehead atoms.